The molecule has 102 valence electrons. The highest BCUT2D eigenvalue weighted by atomic mass is 16.2. The normalized spacial score (nSPS) is 18.6. The van der Waals surface area contributed by atoms with E-state index in [2.05, 4.69) is 16.3 Å². The first-order valence-corrected chi connectivity index (χ1v) is 7.15. The molecule has 1 amide bonds. The molecule has 0 saturated heterocycles. The lowest BCUT2D eigenvalue weighted by atomic mass is 10.1. The van der Waals surface area contributed by atoms with Gasteiger partial charge in [-0.05, 0) is 37.0 Å². The molecule has 3 rings (SSSR count). The number of nitrogens with one attached hydrogen (secondary N) is 1. The zero-order valence-electron chi connectivity index (χ0n) is 11.2. The van der Waals surface area contributed by atoms with E-state index in [1.165, 1.54) is 18.4 Å². The molecular weight excluding hydrogens is 238 g/mol. The second-order valence-corrected chi connectivity index (χ2v) is 5.61. The Morgan fingerprint density at radius 3 is 2.95 bits per heavy atom. The lowest BCUT2D eigenvalue weighted by Crippen LogP contribution is -2.40. The van der Waals surface area contributed by atoms with Gasteiger partial charge in [-0.1, -0.05) is 18.9 Å². The van der Waals surface area contributed by atoms with Crippen LogP contribution >= 0.6 is 0 Å². The van der Waals surface area contributed by atoms with Crippen LogP contribution in [0.25, 0.3) is 0 Å². The second kappa shape index (κ2) is 5.11. The summed E-state index contributed by atoms with van der Waals surface area (Å²) in [5, 5.41) is 3.14. The summed E-state index contributed by atoms with van der Waals surface area (Å²) in [5.74, 6) is 0.141. The molecule has 19 heavy (non-hydrogen) atoms. The lowest BCUT2D eigenvalue weighted by Gasteiger charge is -2.20. The quantitative estimate of drug-likeness (QED) is 0.812. The van der Waals surface area contributed by atoms with Crippen LogP contribution in [-0.4, -0.2) is 25.0 Å². The Bertz CT molecular complexity index is 480. The van der Waals surface area contributed by atoms with Crippen molar-refractivity contribution in [2.24, 2.45) is 0 Å². The third kappa shape index (κ3) is 2.67. The molecule has 1 fully saturated rings. The van der Waals surface area contributed by atoms with Crippen molar-refractivity contribution < 1.29 is 4.79 Å². The molecule has 1 heterocycles. The van der Waals surface area contributed by atoms with E-state index in [9.17, 15) is 4.79 Å². The zero-order chi connectivity index (χ0) is 13.2. The average Bonchev–Trinajstić information content (AvgIpc) is 3.00. The predicted molar refractivity (Wildman–Crippen MR) is 77.2 cm³/mol. The van der Waals surface area contributed by atoms with Gasteiger partial charge in [0.1, 0.15) is 0 Å². The molecule has 0 spiro atoms. The van der Waals surface area contributed by atoms with Gasteiger partial charge >= 0.3 is 0 Å². The number of nitrogens with two attached hydrogens (primary N) is 1. The van der Waals surface area contributed by atoms with Crippen LogP contribution in [0.5, 0.6) is 0 Å². The fourth-order valence-corrected chi connectivity index (χ4v) is 3.14. The van der Waals surface area contributed by atoms with Crippen molar-refractivity contribution in [2.45, 2.75) is 38.1 Å². The molecule has 1 aromatic carbocycles. The summed E-state index contributed by atoms with van der Waals surface area (Å²) in [6, 6.07) is 6.38. The summed E-state index contributed by atoms with van der Waals surface area (Å²) in [7, 11) is 0. The van der Waals surface area contributed by atoms with Crippen molar-refractivity contribution in [1.29, 1.82) is 0 Å². The maximum Gasteiger partial charge on any atom is 0.239 e. The monoisotopic (exact) mass is 259 g/mol. The van der Waals surface area contributed by atoms with Gasteiger partial charge in [-0.25, -0.2) is 0 Å². The first kappa shape index (κ1) is 12.3. The number of benzene rings is 1. The maximum absolute atomic E-state index is 12.1. The highest BCUT2D eigenvalue weighted by Gasteiger charge is 2.23. The van der Waals surface area contributed by atoms with Crippen LogP contribution in [0, 0.1) is 0 Å². The molecule has 2 aliphatic rings. The molecule has 4 nitrogen and oxygen atoms in total. The number of rotatable bonds is 3. The van der Waals surface area contributed by atoms with Gasteiger partial charge < -0.3 is 16.0 Å². The van der Waals surface area contributed by atoms with E-state index in [0.717, 1.165) is 37.2 Å². The minimum absolute atomic E-state index is 0.141. The van der Waals surface area contributed by atoms with Crippen LogP contribution in [-0.2, 0) is 11.2 Å². The third-order valence-corrected chi connectivity index (χ3v) is 4.16. The van der Waals surface area contributed by atoms with Crippen molar-refractivity contribution in [1.82, 2.24) is 5.32 Å². The van der Waals surface area contributed by atoms with E-state index in [4.69, 9.17) is 5.73 Å². The number of hydrogen-bond acceptors (Lipinski definition) is 3. The molecular formula is C15H21N3O. The minimum atomic E-state index is 0.141. The van der Waals surface area contributed by atoms with E-state index in [0.29, 0.717) is 12.6 Å². The van der Waals surface area contributed by atoms with Crippen molar-refractivity contribution in [3.8, 4) is 0 Å². The average molecular weight is 259 g/mol. The Morgan fingerprint density at radius 2 is 2.16 bits per heavy atom. The van der Waals surface area contributed by atoms with Crippen molar-refractivity contribution in [3.05, 3.63) is 23.8 Å². The minimum Gasteiger partial charge on any atom is -0.399 e. The lowest BCUT2D eigenvalue weighted by molar-refractivity contribution is -0.120. The Kier molecular flexibility index (Phi) is 3.32. The van der Waals surface area contributed by atoms with E-state index in [-0.39, 0.29) is 5.91 Å². The fraction of sp³-hybridized carbons (Fsp3) is 0.533. The van der Waals surface area contributed by atoms with Crippen LogP contribution in [0.1, 0.15) is 31.2 Å². The summed E-state index contributed by atoms with van der Waals surface area (Å²) in [4.78, 5) is 14.2. The van der Waals surface area contributed by atoms with E-state index < -0.39 is 0 Å². The van der Waals surface area contributed by atoms with Crippen LogP contribution in [0.3, 0.4) is 0 Å². The largest absolute Gasteiger partial charge is 0.399 e. The number of nitrogen functional groups attached to an aromatic ring is 1. The van der Waals surface area contributed by atoms with Crippen LogP contribution in [0.15, 0.2) is 18.2 Å². The predicted octanol–water partition coefficient (Wildman–Crippen LogP) is 1.69. The second-order valence-electron chi connectivity index (χ2n) is 5.61. The van der Waals surface area contributed by atoms with Gasteiger partial charge in [0.25, 0.3) is 0 Å². The number of hydrogen-bond donors (Lipinski definition) is 2. The molecule has 3 N–H and O–H groups in total. The highest BCUT2D eigenvalue weighted by molar-refractivity contribution is 5.83. The Morgan fingerprint density at radius 1 is 1.37 bits per heavy atom. The number of carbonyl (C=O) groups excluding carboxylic acids is 1. The van der Waals surface area contributed by atoms with Crippen LogP contribution in [0.4, 0.5) is 11.4 Å². The number of anilines is 2. The van der Waals surface area contributed by atoms with Gasteiger partial charge in [0.15, 0.2) is 0 Å². The summed E-state index contributed by atoms with van der Waals surface area (Å²) < 4.78 is 0. The van der Waals surface area contributed by atoms with Gasteiger partial charge in [-0.2, -0.15) is 0 Å². The summed E-state index contributed by atoms with van der Waals surface area (Å²) in [5.41, 5.74) is 9.02. The van der Waals surface area contributed by atoms with Gasteiger partial charge in [0.2, 0.25) is 5.91 Å². The number of fused-ring (bicyclic) bond motifs is 1. The molecule has 0 aromatic heterocycles. The first-order chi connectivity index (χ1) is 9.22. The van der Waals surface area contributed by atoms with Gasteiger partial charge in [0.05, 0.1) is 6.54 Å². The standard InChI is InChI=1S/C15H21N3O/c16-12-6-5-11-7-8-18(14(11)9-12)10-15(19)17-13-3-1-2-4-13/h5-6,9,13H,1-4,7-8,10,16H2,(H,17,19). The topological polar surface area (TPSA) is 58.4 Å². The molecule has 4 heteroatoms. The van der Waals surface area contributed by atoms with Crippen molar-refractivity contribution >= 4 is 17.3 Å². The Labute approximate surface area is 114 Å². The Balaban J connectivity index is 1.62. The molecule has 1 aliphatic heterocycles. The number of amides is 1. The molecule has 1 aliphatic carbocycles. The smallest absolute Gasteiger partial charge is 0.239 e. The molecule has 0 bridgehead atoms. The van der Waals surface area contributed by atoms with Gasteiger partial charge in [0, 0.05) is 24.0 Å². The van der Waals surface area contributed by atoms with E-state index in [1.54, 1.807) is 0 Å². The Hall–Kier alpha value is -1.71. The van der Waals surface area contributed by atoms with Crippen molar-refractivity contribution in [3.63, 3.8) is 0 Å². The van der Waals surface area contributed by atoms with E-state index in [1.807, 2.05) is 12.1 Å². The van der Waals surface area contributed by atoms with Crippen molar-refractivity contribution in [2.75, 3.05) is 23.7 Å². The first-order valence-electron chi connectivity index (χ1n) is 7.15. The fourth-order valence-electron chi connectivity index (χ4n) is 3.14. The zero-order valence-corrected chi connectivity index (χ0v) is 11.2. The summed E-state index contributed by atoms with van der Waals surface area (Å²) >= 11 is 0. The van der Waals surface area contributed by atoms with Crippen LogP contribution < -0.4 is 16.0 Å². The molecule has 1 saturated carbocycles. The third-order valence-electron chi connectivity index (χ3n) is 4.16. The number of nitrogens with zero attached hydrogens (tertiary/aromatic N) is 1. The SMILES string of the molecule is Nc1ccc2c(c1)N(CC(=O)NC1CCCC1)CC2. The summed E-state index contributed by atoms with van der Waals surface area (Å²) in [6.45, 7) is 1.36. The molecule has 0 radical (unpaired) electrons. The van der Waals surface area contributed by atoms with E-state index >= 15 is 0 Å². The molecule has 0 unspecified atom stereocenters. The van der Waals surface area contributed by atoms with Crippen LogP contribution in [0.2, 0.25) is 0 Å². The van der Waals surface area contributed by atoms with Gasteiger partial charge in [-0.3, -0.25) is 4.79 Å². The summed E-state index contributed by atoms with van der Waals surface area (Å²) in [6.07, 6.45) is 5.76. The molecule has 1 aromatic rings. The maximum atomic E-state index is 12.1. The van der Waals surface area contributed by atoms with Gasteiger partial charge in [-0.15, -0.1) is 0 Å². The number of carbonyl (C=O) groups is 1. The highest BCUT2D eigenvalue weighted by Crippen LogP contribution is 2.29. The molecule has 0 atom stereocenters.